The van der Waals surface area contributed by atoms with Gasteiger partial charge in [-0.1, -0.05) is 25.6 Å². The second kappa shape index (κ2) is 6.84. The quantitative estimate of drug-likeness (QED) is 0.681. The highest BCUT2D eigenvalue weighted by molar-refractivity contribution is 8.13. The minimum atomic E-state index is -0.366. The maximum absolute atomic E-state index is 11.4. The number of rotatable bonds is 6. The summed E-state index contributed by atoms with van der Waals surface area (Å²) in [5.74, 6) is -0.366. The number of nitrogens with one attached hydrogen (secondary N) is 1. The van der Waals surface area contributed by atoms with Gasteiger partial charge in [0.2, 0.25) is 11.0 Å². The molecule has 0 spiro atoms. The van der Waals surface area contributed by atoms with Gasteiger partial charge in [-0.25, -0.2) is 0 Å². The van der Waals surface area contributed by atoms with Crippen molar-refractivity contribution in [3.63, 3.8) is 0 Å². The lowest BCUT2D eigenvalue weighted by molar-refractivity contribution is -0.118. The Hall–Kier alpha value is -0.550. The fraction of sp³-hybridized carbons (Fsp3) is 0.778. The van der Waals surface area contributed by atoms with Crippen molar-refractivity contribution in [2.75, 3.05) is 6.26 Å². The minimum Gasteiger partial charge on any atom is -0.370 e. The second-order valence-corrected chi connectivity index (χ2v) is 4.21. The van der Waals surface area contributed by atoms with E-state index >= 15 is 0 Å². The summed E-state index contributed by atoms with van der Waals surface area (Å²) in [4.78, 5) is 22.0. The highest BCUT2D eigenvalue weighted by atomic mass is 32.2. The standard InChI is InChI=1S/C9H18N2O2S/c1-6(2)11-7(9(13)14-3)4-5-8(10)12/h6-7,11H,4-5H2,1-3H3,(H2,10,12)/t7-/m0/s1. The summed E-state index contributed by atoms with van der Waals surface area (Å²) in [6.07, 6.45) is 2.46. The molecular weight excluding hydrogens is 200 g/mol. The normalized spacial score (nSPS) is 12.9. The van der Waals surface area contributed by atoms with Crippen LogP contribution in [0.3, 0.4) is 0 Å². The summed E-state index contributed by atoms with van der Waals surface area (Å²) < 4.78 is 0. The molecule has 1 amide bonds. The Kier molecular flexibility index (Phi) is 6.57. The molecular formula is C9H18N2O2S. The van der Waals surface area contributed by atoms with E-state index < -0.39 is 0 Å². The Morgan fingerprint density at radius 3 is 2.36 bits per heavy atom. The number of hydrogen-bond acceptors (Lipinski definition) is 4. The number of thioether (sulfide) groups is 1. The van der Waals surface area contributed by atoms with Gasteiger partial charge in [-0.05, 0) is 12.7 Å². The summed E-state index contributed by atoms with van der Waals surface area (Å²) in [5.41, 5.74) is 5.03. The molecule has 0 radical (unpaired) electrons. The molecule has 0 saturated carbocycles. The predicted octanol–water partition coefficient (Wildman–Crippen LogP) is 0.508. The lowest BCUT2D eigenvalue weighted by atomic mass is 10.1. The van der Waals surface area contributed by atoms with E-state index in [9.17, 15) is 9.59 Å². The first kappa shape index (κ1) is 13.4. The Balaban J connectivity index is 4.10. The first-order valence-electron chi connectivity index (χ1n) is 4.59. The molecule has 82 valence electrons. The summed E-state index contributed by atoms with van der Waals surface area (Å²) in [6.45, 7) is 3.93. The third-order valence-corrected chi connectivity index (χ3v) is 2.39. The molecule has 0 aliphatic rings. The van der Waals surface area contributed by atoms with Crippen LogP contribution in [0.2, 0.25) is 0 Å². The SMILES string of the molecule is CSC(=O)[C@H](CCC(N)=O)NC(C)C. The predicted molar refractivity (Wildman–Crippen MR) is 59.0 cm³/mol. The van der Waals surface area contributed by atoms with Gasteiger partial charge in [0.05, 0.1) is 6.04 Å². The molecule has 0 bridgehead atoms. The van der Waals surface area contributed by atoms with Crippen molar-refractivity contribution in [3.05, 3.63) is 0 Å². The van der Waals surface area contributed by atoms with Gasteiger partial charge in [0.25, 0.3) is 0 Å². The lowest BCUT2D eigenvalue weighted by Gasteiger charge is -2.18. The number of nitrogens with two attached hydrogens (primary N) is 1. The van der Waals surface area contributed by atoms with Crippen molar-refractivity contribution < 1.29 is 9.59 Å². The maximum atomic E-state index is 11.4. The molecule has 0 saturated heterocycles. The molecule has 4 nitrogen and oxygen atoms in total. The van der Waals surface area contributed by atoms with Crippen LogP contribution in [0.5, 0.6) is 0 Å². The Morgan fingerprint density at radius 1 is 1.43 bits per heavy atom. The largest absolute Gasteiger partial charge is 0.370 e. The van der Waals surface area contributed by atoms with Gasteiger partial charge in [-0.2, -0.15) is 0 Å². The van der Waals surface area contributed by atoms with E-state index in [1.54, 1.807) is 6.26 Å². The van der Waals surface area contributed by atoms with Crippen LogP contribution in [0.1, 0.15) is 26.7 Å². The maximum Gasteiger partial charge on any atom is 0.217 e. The van der Waals surface area contributed by atoms with E-state index in [-0.39, 0.29) is 29.5 Å². The van der Waals surface area contributed by atoms with Crippen molar-refractivity contribution in [1.82, 2.24) is 5.32 Å². The van der Waals surface area contributed by atoms with Gasteiger partial charge in [-0.15, -0.1) is 0 Å². The molecule has 0 unspecified atom stereocenters. The summed E-state index contributed by atoms with van der Waals surface area (Å²) in [6, 6.07) is -0.0403. The minimum absolute atomic E-state index is 0.0555. The van der Waals surface area contributed by atoms with Gasteiger partial charge < -0.3 is 11.1 Å². The van der Waals surface area contributed by atoms with Crippen LogP contribution in [0.15, 0.2) is 0 Å². The van der Waals surface area contributed by atoms with E-state index in [1.165, 1.54) is 11.8 Å². The number of carbonyl (C=O) groups excluding carboxylic acids is 2. The molecule has 0 fully saturated rings. The van der Waals surface area contributed by atoms with Crippen LogP contribution < -0.4 is 11.1 Å². The van der Waals surface area contributed by atoms with E-state index in [0.29, 0.717) is 6.42 Å². The van der Waals surface area contributed by atoms with Crippen LogP contribution >= 0.6 is 11.8 Å². The fourth-order valence-corrected chi connectivity index (χ4v) is 1.57. The molecule has 0 aliphatic carbocycles. The van der Waals surface area contributed by atoms with Crippen LogP contribution in [0.25, 0.3) is 0 Å². The third kappa shape index (κ3) is 5.99. The van der Waals surface area contributed by atoms with Crippen LogP contribution in [0.4, 0.5) is 0 Å². The van der Waals surface area contributed by atoms with Crippen LogP contribution in [-0.4, -0.2) is 29.4 Å². The Morgan fingerprint density at radius 2 is 2.00 bits per heavy atom. The van der Waals surface area contributed by atoms with Gasteiger partial charge in [0.15, 0.2) is 0 Å². The number of amides is 1. The molecule has 0 heterocycles. The first-order valence-corrected chi connectivity index (χ1v) is 5.82. The number of primary amides is 1. The molecule has 0 aliphatic heterocycles. The van der Waals surface area contributed by atoms with E-state index in [1.807, 2.05) is 13.8 Å². The highest BCUT2D eigenvalue weighted by Gasteiger charge is 2.18. The molecule has 0 aromatic carbocycles. The van der Waals surface area contributed by atoms with Crippen molar-refractivity contribution in [1.29, 1.82) is 0 Å². The zero-order chi connectivity index (χ0) is 11.1. The lowest BCUT2D eigenvalue weighted by Crippen LogP contribution is -2.40. The summed E-state index contributed by atoms with van der Waals surface area (Å²) in [5, 5.41) is 3.16. The average molecular weight is 218 g/mol. The Labute approximate surface area is 89.0 Å². The monoisotopic (exact) mass is 218 g/mol. The van der Waals surface area contributed by atoms with Crippen molar-refractivity contribution in [3.8, 4) is 0 Å². The summed E-state index contributed by atoms with van der Waals surface area (Å²) >= 11 is 1.17. The molecule has 0 aromatic rings. The first-order chi connectivity index (χ1) is 6.47. The van der Waals surface area contributed by atoms with Gasteiger partial charge in [0, 0.05) is 12.5 Å². The van der Waals surface area contributed by atoms with Crippen molar-refractivity contribution >= 4 is 22.8 Å². The van der Waals surface area contributed by atoms with Crippen LogP contribution in [-0.2, 0) is 9.59 Å². The molecule has 0 rings (SSSR count). The molecule has 1 atom stereocenters. The Bertz CT molecular complexity index is 207. The zero-order valence-electron chi connectivity index (χ0n) is 8.87. The molecule has 0 aromatic heterocycles. The zero-order valence-corrected chi connectivity index (χ0v) is 9.69. The number of carbonyl (C=O) groups is 2. The molecule has 14 heavy (non-hydrogen) atoms. The topological polar surface area (TPSA) is 72.2 Å². The van der Waals surface area contributed by atoms with Gasteiger partial charge >= 0.3 is 0 Å². The smallest absolute Gasteiger partial charge is 0.217 e. The third-order valence-electron chi connectivity index (χ3n) is 1.70. The van der Waals surface area contributed by atoms with E-state index in [4.69, 9.17) is 5.73 Å². The van der Waals surface area contributed by atoms with Gasteiger partial charge in [0.1, 0.15) is 0 Å². The van der Waals surface area contributed by atoms with E-state index in [0.717, 1.165) is 0 Å². The molecule has 5 heteroatoms. The van der Waals surface area contributed by atoms with Crippen LogP contribution in [0, 0.1) is 0 Å². The summed E-state index contributed by atoms with van der Waals surface area (Å²) in [7, 11) is 0. The average Bonchev–Trinajstić information content (AvgIpc) is 2.10. The fourth-order valence-electron chi connectivity index (χ4n) is 1.10. The second-order valence-electron chi connectivity index (χ2n) is 3.40. The van der Waals surface area contributed by atoms with Crippen molar-refractivity contribution in [2.45, 2.75) is 38.8 Å². The van der Waals surface area contributed by atoms with Crippen molar-refractivity contribution in [2.24, 2.45) is 5.73 Å². The van der Waals surface area contributed by atoms with E-state index in [2.05, 4.69) is 5.32 Å². The number of hydrogen-bond donors (Lipinski definition) is 2. The van der Waals surface area contributed by atoms with Gasteiger partial charge in [-0.3, -0.25) is 9.59 Å². The molecule has 3 N–H and O–H groups in total. The highest BCUT2D eigenvalue weighted by Crippen LogP contribution is 2.07.